The Morgan fingerprint density at radius 3 is 2.12 bits per heavy atom. The van der Waals surface area contributed by atoms with Gasteiger partial charge in [0.25, 0.3) is 0 Å². The number of hydrogen-bond donors (Lipinski definition) is 1. The van der Waals surface area contributed by atoms with Crippen LogP contribution in [0.3, 0.4) is 0 Å². The number of benzene rings is 2. The van der Waals surface area contributed by atoms with E-state index in [1.807, 2.05) is 0 Å². The molecular formula is C21H17F6NO4S. The van der Waals surface area contributed by atoms with Crippen molar-refractivity contribution in [2.45, 2.75) is 32.2 Å². The lowest BCUT2D eigenvalue weighted by molar-refractivity contribution is -0.142. The van der Waals surface area contributed by atoms with Crippen LogP contribution in [0.1, 0.15) is 35.3 Å². The maximum absolute atomic E-state index is 13.5. The predicted octanol–water partition coefficient (Wildman–Crippen LogP) is 5.32. The van der Waals surface area contributed by atoms with Gasteiger partial charge < -0.3 is 10.1 Å². The molecule has 0 aliphatic carbocycles. The standard InChI is InChI=1S/C21H17F6NO4S/c1-10(28-11(2)29)18(30)32-17-7-4-12(8-15(17)19(31)33-3)14-6-5-13(20(22,23)24)9-16(14)21(25,26)27/h4-10H,1-3H3,(H,28,29). The van der Waals surface area contributed by atoms with Crippen molar-refractivity contribution in [2.24, 2.45) is 0 Å². The Bertz CT molecular complexity index is 1080. The van der Waals surface area contributed by atoms with Gasteiger partial charge >= 0.3 is 18.3 Å². The fourth-order valence-corrected chi connectivity index (χ4v) is 3.20. The Kier molecular flexibility index (Phi) is 7.83. The smallest absolute Gasteiger partial charge is 0.417 e. The van der Waals surface area contributed by atoms with Crippen LogP contribution in [0.15, 0.2) is 36.4 Å². The van der Waals surface area contributed by atoms with E-state index < -0.39 is 52.1 Å². The van der Waals surface area contributed by atoms with Crippen LogP contribution in [-0.4, -0.2) is 29.3 Å². The lowest BCUT2D eigenvalue weighted by Gasteiger charge is -2.18. The summed E-state index contributed by atoms with van der Waals surface area (Å²) in [5, 5.41) is 1.62. The average Bonchev–Trinajstić information content (AvgIpc) is 2.71. The van der Waals surface area contributed by atoms with Crippen molar-refractivity contribution in [3.8, 4) is 16.9 Å². The molecule has 2 aromatic rings. The summed E-state index contributed by atoms with van der Waals surface area (Å²) in [6.07, 6.45) is -8.71. The fraction of sp³-hybridized carbons (Fsp3) is 0.286. The minimum atomic E-state index is -5.11. The first-order chi connectivity index (χ1) is 15.1. The van der Waals surface area contributed by atoms with Crippen molar-refractivity contribution < 1.29 is 45.5 Å². The van der Waals surface area contributed by atoms with Crippen LogP contribution >= 0.6 is 11.8 Å². The highest BCUT2D eigenvalue weighted by molar-refractivity contribution is 8.13. The molecule has 5 nitrogen and oxygen atoms in total. The number of alkyl halides is 6. The van der Waals surface area contributed by atoms with E-state index in [0.29, 0.717) is 23.9 Å². The van der Waals surface area contributed by atoms with Crippen LogP contribution in [0.25, 0.3) is 11.1 Å². The Hall–Kier alpha value is -3.02. The highest BCUT2D eigenvalue weighted by Crippen LogP contribution is 2.42. The lowest BCUT2D eigenvalue weighted by Crippen LogP contribution is -2.39. The first kappa shape index (κ1) is 26.2. The van der Waals surface area contributed by atoms with Crippen molar-refractivity contribution in [2.75, 3.05) is 6.26 Å². The van der Waals surface area contributed by atoms with E-state index >= 15 is 0 Å². The third-order valence-corrected chi connectivity index (χ3v) is 4.92. The molecule has 0 aliphatic rings. The normalized spacial score (nSPS) is 12.8. The molecule has 1 amide bonds. The fourth-order valence-electron chi connectivity index (χ4n) is 2.82. The zero-order valence-electron chi connectivity index (χ0n) is 17.4. The maximum atomic E-state index is 13.5. The first-order valence-electron chi connectivity index (χ1n) is 9.15. The van der Waals surface area contributed by atoms with Gasteiger partial charge in [0.05, 0.1) is 16.7 Å². The number of carbonyl (C=O) groups excluding carboxylic acids is 3. The number of halogens is 6. The van der Waals surface area contributed by atoms with E-state index in [1.54, 1.807) is 0 Å². The minimum Gasteiger partial charge on any atom is -0.424 e. The number of esters is 1. The van der Waals surface area contributed by atoms with E-state index in [0.717, 1.165) is 18.2 Å². The van der Waals surface area contributed by atoms with Crippen molar-refractivity contribution in [1.29, 1.82) is 0 Å². The molecule has 0 fully saturated rings. The van der Waals surface area contributed by atoms with Gasteiger partial charge in [-0.05, 0) is 48.6 Å². The molecule has 0 heterocycles. The molecule has 1 atom stereocenters. The summed E-state index contributed by atoms with van der Waals surface area (Å²) in [5.41, 5.74) is -4.07. The van der Waals surface area contributed by atoms with Crippen LogP contribution < -0.4 is 10.1 Å². The molecule has 0 aromatic heterocycles. The molecule has 0 radical (unpaired) electrons. The molecule has 2 rings (SSSR count). The quantitative estimate of drug-likeness (QED) is 0.347. The van der Waals surface area contributed by atoms with E-state index in [1.165, 1.54) is 20.1 Å². The highest BCUT2D eigenvalue weighted by atomic mass is 32.2. The minimum absolute atomic E-state index is 0.00551. The van der Waals surface area contributed by atoms with Gasteiger partial charge in [-0.2, -0.15) is 26.3 Å². The predicted molar refractivity (Wildman–Crippen MR) is 109 cm³/mol. The van der Waals surface area contributed by atoms with Gasteiger partial charge in [-0.15, -0.1) is 0 Å². The summed E-state index contributed by atoms with van der Waals surface area (Å²) in [6, 6.07) is 3.24. The van der Waals surface area contributed by atoms with Crippen molar-refractivity contribution >= 4 is 28.8 Å². The molecule has 0 bridgehead atoms. The zero-order valence-corrected chi connectivity index (χ0v) is 18.2. The summed E-state index contributed by atoms with van der Waals surface area (Å²) in [7, 11) is 0. The van der Waals surface area contributed by atoms with Crippen LogP contribution in [0, 0.1) is 0 Å². The number of carbonyl (C=O) groups is 3. The summed E-state index contributed by atoms with van der Waals surface area (Å²) in [5.74, 6) is -1.73. The summed E-state index contributed by atoms with van der Waals surface area (Å²) < 4.78 is 84.5. The second-order valence-corrected chi connectivity index (χ2v) is 7.58. The van der Waals surface area contributed by atoms with Crippen molar-refractivity contribution in [3.05, 3.63) is 53.1 Å². The monoisotopic (exact) mass is 493 g/mol. The van der Waals surface area contributed by atoms with Gasteiger partial charge in [0.1, 0.15) is 11.8 Å². The third kappa shape index (κ3) is 6.50. The van der Waals surface area contributed by atoms with Crippen LogP contribution in [0.5, 0.6) is 5.75 Å². The Morgan fingerprint density at radius 1 is 0.970 bits per heavy atom. The third-order valence-electron chi connectivity index (χ3n) is 4.33. The van der Waals surface area contributed by atoms with Gasteiger partial charge in [0, 0.05) is 6.92 Å². The molecule has 0 saturated heterocycles. The molecule has 0 saturated carbocycles. The highest BCUT2D eigenvalue weighted by Gasteiger charge is 2.38. The second-order valence-electron chi connectivity index (χ2n) is 6.80. The van der Waals surface area contributed by atoms with Gasteiger partial charge in [0.15, 0.2) is 0 Å². The van der Waals surface area contributed by atoms with Crippen LogP contribution in [0.4, 0.5) is 26.3 Å². The van der Waals surface area contributed by atoms with E-state index in [2.05, 4.69) is 5.32 Å². The second kappa shape index (κ2) is 9.86. The Balaban J connectivity index is 2.58. The molecule has 1 N–H and O–H groups in total. The summed E-state index contributed by atoms with van der Waals surface area (Å²) >= 11 is 0.687. The zero-order chi connectivity index (χ0) is 25.1. The molecule has 33 heavy (non-hydrogen) atoms. The number of ether oxygens (including phenoxy) is 1. The molecular weight excluding hydrogens is 476 g/mol. The number of rotatable bonds is 5. The molecule has 1 unspecified atom stereocenters. The number of thioether (sulfide) groups is 1. The van der Waals surface area contributed by atoms with E-state index in [-0.39, 0.29) is 22.9 Å². The maximum Gasteiger partial charge on any atom is 0.417 e. The number of nitrogens with one attached hydrogen (secondary N) is 1. The largest absolute Gasteiger partial charge is 0.424 e. The SMILES string of the molecule is CSC(=O)c1cc(-c2ccc(C(F)(F)F)cc2C(F)(F)F)ccc1OC(=O)C(C)NC(C)=O. The van der Waals surface area contributed by atoms with Gasteiger partial charge in [-0.1, -0.05) is 23.9 Å². The van der Waals surface area contributed by atoms with Crippen LogP contribution in [0.2, 0.25) is 0 Å². The van der Waals surface area contributed by atoms with Gasteiger partial charge in [0.2, 0.25) is 11.0 Å². The van der Waals surface area contributed by atoms with Gasteiger partial charge in [-0.25, -0.2) is 4.79 Å². The number of amides is 1. The van der Waals surface area contributed by atoms with E-state index in [4.69, 9.17) is 4.74 Å². The topological polar surface area (TPSA) is 72.5 Å². The Morgan fingerprint density at radius 2 is 1.61 bits per heavy atom. The summed E-state index contributed by atoms with van der Waals surface area (Å²) in [6.45, 7) is 2.50. The van der Waals surface area contributed by atoms with Gasteiger partial charge in [-0.3, -0.25) is 9.59 Å². The number of hydrogen-bond acceptors (Lipinski definition) is 5. The van der Waals surface area contributed by atoms with Crippen molar-refractivity contribution in [3.63, 3.8) is 0 Å². The molecule has 0 spiro atoms. The molecule has 12 heteroatoms. The molecule has 0 aliphatic heterocycles. The van der Waals surface area contributed by atoms with E-state index in [9.17, 15) is 40.7 Å². The molecule has 178 valence electrons. The molecule has 2 aromatic carbocycles. The lowest BCUT2D eigenvalue weighted by atomic mass is 9.95. The first-order valence-corrected chi connectivity index (χ1v) is 10.4. The Labute approximate surface area is 188 Å². The van der Waals surface area contributed by atoms with Crippen LogP contribution in [-0.2, 0) is 21.9 Å². The van der Waals surface area contributed by atoms with Crippen molar-refractivity contribution in [1.82, 2.24) is 5.32 Å². The summed E-state index contributed by atoms with van der Waals surface area (Å²) in [4.78, 5) is 35.6. The average molecular weight is 493 g/mol.